The lowest BCUT2D eigenvalue weighted by molar-refractivity contribution is -0.152. The number of carbonyl (C=O) groups is 2. The highest BCUT2D eigenvalue weighted by Gasteiger charge is 2.34. The van der Waals surface area contributed by atoms with Gasteiger partial charge in [0, 0.05) is 24.7 Å². The second-order valence-corrected chi connectivity index (χ2v) is 11.2. The molecular weight excluding hydrogens is 470 g/mol. The number of aryl methyl sites for hydroxylation is 2. The summed E-state index contributed by atoms with van der Waals surface area (Å²) in [7, 11) is -3.73. The van der Waals surface area contributed by atoms with E-state index in [1.54, 1.807) is 19.1 Å². The third-order valence-electron chi connectivity index (χ3n) is 6.98. The summed E-state index contributed by atoms with van der Waals surface area (Å²) >= 11 is 0. The predicted octanol–water partition coefficient (Wildman–Crippen LogP) is 3.16. The zero-order valence-electron chi connectivity index (χ0n) is 19.7. The summed E-state index contributed by atoms with van der Waals surface area (Å²) < 4.78 is 44.1. The lowest BCUT2D eigenvalue weighted by Crippen LogP contribution is -2.41. The number of hydrogen-bond donors (Lipinski definition) is 0. The molecule has 0 aromatic heterocycles. The van der Waals surface area contributed by atoms with Crippen molar-refractivity contribution < 1.29 is 32.2 Å². The van der Waals surface area contributed by atoms with E-state index in [1.807, 2.05) is 12.1 Å². The van der Waals surface area contributed by atoms with E-state index in [4.69, 9.17) is 14.2 Å². The van der Waals surface area contributed by atoms with Gasteiger partial charge < -0.3 is 14.2 Å². The Labute approximate surface area is 205 Å². The van der Waals surface area contributed by atoms with E-state index in [9.17, 15) is 18.0 Å². The van der Waals surface area contributed by atoms with E-state index in [0.717, 1.165) is 19.3 Å². The maximum Gasteiger partial charge on any atom is 0.309 e. The van der Waals surface area contributed by atoms with Crippen LogP contribution in [0.4, 0.5) is 0 Å². The molecule has 0 amide bonds. The first kappa shape index (κ1) is 23.8. The van der Waals surface area contributed by atoms with E-state index >= 15 is 0 Å². The lowest BCUT2D eigenvalue weighted by atomic mass is 9.98. The molecule has 186 valence electrons. The molecule has 0 bridgehead atoms. The van der Waals surface area contributed by atoms with Crippen molar-refractivity contribution in [2.45, 2.75) is 50.0 Å². The predicted molar refractivity (Wildman–Crippen MR) is 127 cm³/mol. The molecule has 1 aliphatic carbocycles. The van der Waals surface area contributed by atoms with Gasteiger partial charge in [-0.15, -0.1) is 0 Å². The molecule has 2 heterocycles. The molecule has 0 N–H and O–H groups in total. The first-order valence-corrected chi connectivity index (χ1v) is 13.5. The van der Waals surface area contributed by atoms with Gasteiger partial charge >= 0.3 is 5.97 Å². The number of piperidine rings is 1. The summed E-state index contributed by atoms with van der Waals surface area (Å²) in [4.78, 5) is 25.7. The van der Waals surface area contributed by atoms with E-state index in [0.29, 0.717) is 43.1 Å². The van der Waals surface area contributed by atoms with Crippen molar-refractivity contribution >= 4 is 21.8 Å². The zero-order chi connectivity index (χ0) is 24.6. The van der Waals surface area contributed by atoms with Gasteiger partial charge in [-0.1, -0.05) is 12.1 Å². The Bertz CT molecular complexity index is 1250. The Morgan fingerprint density at radius 1 is 0.971 bits per heavy atom. The molecule has 1 saturated heterocycles. The number of Topliss-reactive ketones (excluding diaryl/α,β-unsaturated/α-hetero) is 1. The number of ketones is 1. The molecule has 0 spiro atoms. The normalized spacial score (nSPS) is 19.1. The van der Waals surface area contributed by atoms with Gasteiger partial charge in [0.1, 0.15) is 13.2 Å². The van der Waals surface area contributed by atoms with Crippen LogP contribution >= 0.6 is 0 Å². The van der Waals surface area contributed by atoms with Gasteiger partial charge in [0.2, 0.25) is 15.8 Å². The van der Waals surface area contributed by atoms with Crippen molar-refractivity contribution in [3.63, 3.8) is 0 Å². The van der Waals surface area contributed by atoms with E-state index in [-0.39, 0.29) is 23.8 Å². The Hall–Kier alpha value is -2.91. The maximum atomic E-state index is 13.1. The monoisotopic (exact) mass is 499 g/mol. The van der Waals surface area contributed by atoms with Crippen LogP contribution in [0.2, 0.25) is 0 Å². The number of carbonyl (C=O) groups excluding carboxylic acids is 2. The largest absolute Gasteiger partial charge is 0.486 e. The summed E-state index contributed by atoms with van der Waals surface area (Å²) in [6.45, 7) is 2.79. The van der Waals surface area contributed by atoms with Crippen molar-refractivity contribution in [2.24, 2.45) is 5.92 Å². The molecule has 5 rings (SSSR count). The molecule has 1 unspecified atom stereocenters. The number of ether oxygens (including phenoxy) is 3. The van der Waals surface area contributed by atoms with E-state index in [2.05, 4.69) is 0 Å². The van der Waals surface area contributed by atoms with Crippen molar-refractivity contribution in [3.8, 4) is 11.5 Å². The fourth-order valence-corrected chi connectivity index (χ4v) is 6.43. The molecule has 9 heteroatoms. The summed E-state index contributed by atoms with van der Waals surface area (Å²) in [6.07, 6.45) is 2.89. The minimum absolute atomic E-state index is 0.136. The maximum absolute atomic E-state index is 13.1. The molecule has 2 aromatic rings. The van der Waals surface area contributed by atoms with Crippen LogP contribution in [0.5, 0.6) is 11.5 Å². The third-order valence-corrected chi connectivity index (χ3v) is 8.88. The summed E-state index contributed by atoms with van der Waals surface area (Å²) in [5.74, 6) is -0.176. The van der Waals surface area contributed by atoms with Crippen LogP contribution in [0.1, 0.15) is 47.7 Å². The topological polar surface area (TPSA) is 99.2 Å². The molecule has 2 aromatic carbocycles. The minimum Gasteiger partial charge on any atom is -0.486 e. The number of rotatable bonds is 6. The number of fused-ring (bicyclic) bond motifs is 2. The Morgan fingerprint density at radius 2 is 1.69 bits per heavy atom. The Balaban J connectivity index is 1.17. The number of hydrogen-bond acceptors (Lipinski definition) is 7. The average molecular weight is 500 g/mol. The minimum atomic E-state index is -3.73. The van der Waals surface area contributed by atoms with Gasteiger partial charge in [-0.05, 0) is 68.4 Å². The van der Waals surface area contributed by atoms with E-state index in [1.165, 1.54) is 27.6 Å². The van der Waals surface area contributed by atoms with Crippen LogP contribution in [0, 0.1) is 5.92 Å². The zero-order valence-corrected chi connectivity index (χ0v) is 20.5. The molecule has 3 aliphatic rings. The third kappa shape index (κ3) is 4.79. The molecule has 1 fully saturated rings. The van der Waals surface area contributed by atoms with Gasteiger partial charge in [-0.2, -0.15) is 4.31 Å². The number of sulfonamides is 1. The fourth-order valence-electron chi connectivity index (χ4n) is 4.95. The van der Waals surface area contributed by atoms with Gasteiger partial charge in [-0.25, -0.2) is 8.42 Å². The van der Waals surface area contributed by atoms with Gasteiger partial charge in [0.25, 0.3) is 0 Å². The Morgan fingerprint density at radius 3 is 2.46 bits per heavy atom. The molecule has 35 heavy (non-hydrogen) atoms. The van der Waals surface area contributed by atoms with Crippen LogP contribution in [0.3, 0.4) is 0 Å². The Kier molecular flexibility index (Phi) is 6.55. The number of benzene rings is 2. The number of nitrogens with zero attached hydrogens (tertiary/aromatic N) is 1. The molecule has 0 saturated carbocycles. The molecule has 8 nitrogen and oxygen atoms in total. The van der Waals surface area contributed by atoms with Crippen molar-refractivity contribution in [1.82, 2.24) is 4.31 Å². The van der Waals surface area contributed by atoms with Crippen LogP contribution in [-0.4, -0.2) is 56.9 Å². The van der Waals surface area contributed by atoms with E-state index < -0.39 is 28.0 Å². The van der Waals surface area contributed by atoms with Crippen LogP contribution in [0.25, 0.3) is 0 Å². The highest BCUT2D eigenvalue weighted by molar-refractivity contribution is 7.89. The second kappa shape index (κ2) is 9.62. The highest BCUT2D eigenvalue weighted by Crippen LogP contribution is 2.34. The molecule has 0 radical (unpaired) electrons. The van der Waals surface area contributed by atoms with Gasteiger partial charge in [-0.3, -0.25) is 9.59 Å². The van der Waals surface area contributed by atoms with Crippen LogP contribution in [0.15, 0.2) is 41.3 Å². The van der Waals surface area contributed by atoms with Crippen LogP contribution < -0.4 is 9.47 Å². The molecule has 1 atom stereocenters. The second-order valence-electron chi connectivity index (χ2n) is 9.26. The standard InChI is InChI=1S/C26H29NO7S/c1-17(25(28)21-6-5-18-3-2-4-20(18)15-21)34-26(29)19-9-11-27(12-10-19)35(30,31)22-7-8-23-24(16-22)33-14-13-32-23/h5-8,15-17,19H,2-4,9-14H2,1H3. The van der Waals surface area contributed by atoms with Crippen molar-refractivity contribution in [2.75, 3.05) is 26.3 Å². The summed E-state index contributed by atoms with van der Waals surface area (Å²) in [6, 6.07) is 10.3. The average Bonchev–Trinajstić information content (AvgIpc) is 3.36. The van der Waals surface area contributed by atoms with Gasteiger partial charge in [0.15, 0.2) is 17.6 Å². The first-order chi connectivity index (χ1) is 16.8. The first-order valence-electron chi connectivity index (χ1n) is 12.1. The molecule has 2 aliphatic heterocycles. The summed E-state index contributed by atoms with van der Waals surface area (Å²) in [5, 5.41) is 0. The number of esters is 1. The quantitative estimate of drug-likeness (QED) is 0.445. The van der Waals surface area contributed by atoms with Crippen molar-refractivity contribution in [1.29, 1.82) is 0 Å². The van der Waals surface area contributed by atoms with Crippen LogP contribution in [-0.2, 0) is 32.4 Å². The lowest BCUT2D eigenvalue weighted by Gasteiger charge is -2.31. The molecular formula is C26H29NO7S. The SMILES string of the molecule is CC(OC(=O)C1CCN(S(=O)(=O)c2ccc3c(c2)OCCO3)CC1)C(=O)c1ccc2c(c1)CCC2. The smallest absolute Gasteiger partial charge is 0.309 e. The summed E-state index contributed by atoms with van der Waals surface area (Å²) in [5.41, 5.74) is 3.04. The highest BCUT2D eigenvalue weighted by atomic mass is 32.2. The fraction of sp³-hybridized carbons (Fsp3) is 0.462. The van der Waals surface area contributed by atoms with Crippen molar-refractivity contribution in [3.05, 3.63) is 53.1 Å². The van der Waals surface area contributed by atoms with Gasteiger partial charge in [0.05, 0.1) is 10.8 Å².